The lowest BCUT2D eigenvalue weighted by Gasteiger charge is -2.18. The van der Waals surface area contributed by atoms with Gasteiger partial charge in [-0.2, -0.15) is 0 Å². The standard InChI is InChI=1S/C12H15FN2S/c1-7(2)8(3)15-11-5-4-9(13)6-10(11)14-12(15)16/h4-8H,1-3H3,(H,14,16). The molecule has 86 valence electrons. The van der Waals surface area contributed by atoms with Crippen molar-refractivity contribution in [3.63, 3.8) is 0 Å². The second-order valence-electron chi connectivity index (χ2n) is 4.45. The highest BCUT2D eigenvalue weighted by Crippen LogP contribution is 2.24. The van der Waals surface area contributed by atoms with E-state index in [9.17, 15) is 4.39 Å². The molecule has 0 radical (unpaired) electrons. The summed E-state index contributed by atoms with van der Waals surface area (Å²) in [5.41, 5.74) is 1.73. The average molecular weight is 238 g/mol. The molecule has 0 aliphatic rings. The fraction of sp³-hybridized carbons (Fsp3) is 0.417. The summed E-state index contributed by atoms with van der Waals surface area (Å²) in [6.07, 6.45) is 0. The van der Waals surface area contributed by atoms with Crippen LogP contribution < -0.4 is 0 Å². The van der Waals surface area contributed by atoms with Crippen LogP contribution in [0, 0.1) is 16.5 Å². The molecule has 16 heavy (non-hydrogen) atoms. The second-order valence-corrected chi connectivity index (χ2v) is 4.83. The molecule has 1 N–H and O–H groups in total. The molecular formula is C12H15FN2S. The third-order valence-electron chi connectivity index (χ3n) is 3.05. The molecule has 2 aromatic rings. The highest BCUT2D eigenvalue weighted by atomic mass is 32.1. The number of aromatic nitrogens is 2. The zero-order valence-electron chi connectivity index (χ0n) is 9.62. The highest BCUT2D eigenvalue weighted by Gasteiger charge is 2.14. The van der Waals surface area contributed by atoms with Crippen LogP contribution in [0.4, 0.5) is 4.39 Å². The molecule has 4 heteroatoms. The Morgan fingerprint density at radius 3 is 2.62 bits per heavy atom. The minimum atomic E-state index is -0.242. The van der Waals surface area contributed by atoms with E-state index in [4.69, 9.17) is 12.2 Å². The zero-order valence-corrected chi connectivity index (χ0v) is 10.4. The van der Waals surface area contributed by atoms with Crippen molar-refractivity contribution in [3.05, 3.63) is 28.8 Å². The minimum Gasteiger partial charge on any atom is -0.330 e. The number of nitrogens with zero attached hydrogens (tertiary/aromatic N) is 1. The van der Waals surface area contributed by atoms with E-state index in [1.54, 1.807) is 6.07 Å². The smallest absolute Gasteiger partial charge is 0.178 e. The first-order valence-corrected chi connectivity index (χ1v) is 5.81. The number of hydrogen-bond donors (Lipinski definition) is 1. The predicted octanol–water partition coefficient (Wildman–Crippen LogP) is 4.05. The van der Waals surface area contributed by atoms with Crippen molar-refractivity contribution >= 4 is 23.3 Å². The Morgan fingerprint density at radius 2 is 2.00 bits per heavy atom. The maximum atomic E-state index is 13.1. The van der Waals surface area contributed by atoms with Crippen molar-refractivity contribution in [3.8, 4) is 0 Å². The van der Waals surface area contributed by atoms with Crippen LogP contribution >= 0.6 is 12.2 Å². The van der Waals surface area contributed by atoms with Crippen LogP contribution in [0.25, 0.3) is 11.0 Å². The summed E-state index contributed by atoms with van der Waals surface area (Å²) < 4.78 is 15.8. The van der Waals surface area contributed by atoms with E-state index < -0.39 is 0 Å². The Kier molecular flexibility index (Phi) is 2.84. The SMILES string of the molecule is CC(C)C(C)n1c(=S)[nH]c2cc(F)ccc21. The fourth-order valence-electron chi connectivity index (χ4n) is 1.81. The number of hydrogen-bond acceptors (Lipinski definition) is 1. The number of rotatable bonds is 2. The van der Waals surface area contributed by atoms with Crippen LogP contribution in [-0.4, -0.2) is 9.55 Å². The molecule has 0 saturated heterocycles. The molecule has 0 amide bonds. The van der Waals surface area contributed by atoms with Crippen LogP contribution in [0.1, 0.15) is 26.8 Å². The lowest BCUT2D eigenvalue weighted by atomic mass is 10.1. The lowest BCUT2D eigenvalue weighted by molar-refractivity contribution is 0.413. The van der Waals surface area contributed by atoms with E-state index in [1.165, 1.54) is 12.1 Å². The number of aromatic amines is 1. The molecule has 1 atom stereocenters. The Bertz CT molecular complexity index is 568. The summed E-state index contributed by atoms with van der Waals surface area (Å²) in [5.74, 6) is 0.240. The van der Waals surface area contributed by atoms with E-state index in [2.05, 4.69) is 30.3 Å². The van der Waals surface area contributed by atoms with Gasteiger partial charge in [0.25, 0.3) is 0 Å². The maximum Gasteiger partial charge on any atom is 0.178 e. The van der Waals surface area contributed by atoms with Crippen molar-refractivity contribution in [1.29, 1.82) is 0 Å². The van der Waals surface area contributed by atoms with Crippen molar-refractivity contribution < 1.29 is 4.39 Å². The van der Waals surface area contributed by atoms with E-state index in [1.807, 2.05) is 0 Å². The zero-order chi connectivity index (χ0) is 11.9. The first-order valence-electron chi connectivity index (χ1n) is 5.40. The highest BCUT2D eigenvalue weighted by molar-refractivity contribution is 7.71. The van der Waals surface area contributed by atoms with E-state index in [-0.39, 0.29) is 5.82 Å². The van der Waals surface area contributed by atoms with Crippen LogP contribution in [-0.2, 0) is 0 Å². The number of halogens is 1. The maximum absolute atomic E-state index is 13.1. The van der Waals surface area contributed by atoms with Gasteiger partial charge in [0.15, 0.2) is 4.77 Å². The predicted molar refractivity (Wildman–Crippen MR) is 66.6 cm³/mol. The number of nitrogens with one attached hydrogen (secondary N) is 1. The Morgan fingerprint density at radius 1 is 1.31 bits per heavy atom. The number of imidazole rings is 1. The van der Waals surface area contributed by atoms with Crippen molar-refractivity contribution in [2.45, 2.75) is 26.8 Å². The molecule has 0 aliphatic heterocycles. The average Bonchev–Trinajstić information content (AvgIpc) is 2.51. The molecule has 1 unspecified atom stereocenters. The molecule has 0 spiro atoms. The van der Waals surface area contributed by atoms with Gasteiger partial charge in [0.1, 0.15) is 5.82 Å². The van der Waals surface area contributed by atoms with Gasteiger partial charge in [0, 0.05) is 6.04 Å². The van der Waals surface area contributed by atoms with Crippen LogP contribution in [0.2, 0.25) is 0 Å². The molecule has 0 aliphatic carbocycles. The summed E-state index contributed by atoms with van der Waals surface area (Å²) in [4.78, 5) is 3.04. The molecule has 0 saturated carbocycles. The van der Waals surface area contributed by atoms with Gasteiger partial charge >= 0.3 is 0 Å². The normalized spacial score (nSPS) is 13.6. The Labute approximate surface area is 99.1 Å². The Balaban J connectivity index is 2.70. The van der Waals surface area contributed by atoms with Gasteiger partial charge in [-0.05, 0) is 43.3 Å². The summed E-state index contributed by atoms with van der Waals surface area (Å²) in [5, 5.41) is 0. The first kappa shape index (κ1) is 11.3. The Hall–Kier alpha value is -1.16. The van der Waals surface area contributed by atoms with Crippen molar-refractivity contribution in [1.82, 2.24) is 9.55 Å². The molecule has 1 aromatic carbocycles. The van der Waals surface area contributed by atoms with Gasteiger partial charge in [0.05, 0.1) is 11.0 Å². The van der Waals surface area contributed by atoms with Gasteiger partial charge in [-0.25, -0.2) is 4.39 Å². The van der Waals surface area contributed by atoms with Crippen LogP contribution in [0.3, 0.4) is 0 Å². The quantitative estimate of drug-likeness (QED) is 0.783. The molecule has 0 fully saturated rings. The lowest BCUT2D eigenvalue weighted by Crippen LogP contribution is -2.11. The van der Waals surface area contributed by atoms with Crippen molar-refractivity contribution in [2.75, 3.05) is 0 Å². The first-order chi connectivity index (χ1) is 7.50. The van der Waals surface area contributed by atoms with Gasteiger partial charge in [-0.1, -0.05) is 13.8 Å². The monoisotopic (exact) mass is 238 g/mol. The third-order valence-corrected chi connectivity index (χ3v) is 3.35. The summed E-state index contributed by atoms with van der Waals surface area (Å²) >= 11 is 5.28. The number of benzene rings is 1. The summed E-state index contributed by atoms with van der Waals surface area (Å²) in [6.45, 7) is 6.42. The van der Waals surface area contributed by atoms with Crippen LogP contribution in [0.15, 0.2) is 18.2 Å². The van der Waals surface area contributed by atoms with Crippen LogP contribution in [0.5, 0.6) is 0 Å². The topological polar surface area (TPSA) is 20.7 Å². The van der Waals surface area contributed by atoms with Gasteiger partial charge in [-0.15, -0.1) is 0 Å². The van der Waals surface area contributed by atoms with E-state index in [0.29, 0.717) is 16.7 Å². The second kappa shape index (κ2) is 4.01. The molecule has 1 aromatic heterocycles. The number of fused-ring (bicyclic) bond motifs is 1. The van der Waals surface area contributed by atoms with Gasteiger partial charge < -0.3 is 9.55 Å². The van der Waals surface area contributed by atoms with E-state index in [0.717, 1.165) is 11.0 Å². The van der Waals surface area contributed by atoms with Gasteiger partial charge in [0.2, 0.25) is 0 Å². The summed E-state index contributed by atoms with van der Waals surface area (Å²) in [6, 6.07) is 5.02. The molecule has 2 nitrogen and oxygen atoms in total. The molecule has 2 rings (SSSR count). The largest absolute Gasteiger partial charge is 0.330 e. The van der Waals surface area contributed by atoms with Gasteiger partial charge in [-0.3, -0.25) is 0 Å². The number of H-pyrrole nitrogens is 1. The molecular weight excluding hydrogens is 223 g/mol. The fourth-order valence-corrected chi connectivity index (χ4v) is 2.18. The summed E-state index contributed by atoms with van der Waals surface area (Å²) in [7, 11) is 0. The van der Waals surface area contributed by atoms with E-state index >= 15 is 0 Å². The third kappa shape index (κ3) is 1.78. The molecule has 1 heterocycles. The van der Waals surface area contributed by atoms with Crippen molar-refractivity contribution in [2.24, 2.45) is 5.92 Å². The minimum absolute atomic E-state index is 0.242. The molecule has 0 bridgehead atoms.